The van der Waals surface area contributed by atoms with Crippen molar-refractivity contribution in [2.75, 3.05) is 11.9 Å². The van der Waals surface area contributed by atoms with Crippen LogP contribution in [0.5, 0.6) is 5.75 Å². The number of nitrogens with one attached hydrogen (secondary N) is 1. The summed E-state index contributed by atoms with van der Waals surface area (Å²) in [6.07, 6.45) is 6.88. The van der Waals surface area contributed by atoms with Crippen molar-refractivity contribution in [2.45, 2.75) is 12.8 Å². The van der Waals surface area contributed by atoms with Gasteiger partial charge in [0.15, 0.2) is 22.9 Å². The number of carbonyl (C=O) groups excluding carboxylic acids is 1. The van der Waals surface area contributed by atoms with Crippen molar-refractivity contribution in [2.24, 2.45) is 10.9 Å². The second-order valence-corrected chi connectivity index (χ2v) is 7.43. The van der Waals surface area contributed by atoms with E-state index < -0.39 is 11.8 Å². The molecule has 2 aromatic heterocycles. The molecular formula is C23H18FN3O4. The lowest BCUT2D eigenvalue weighted by molar-refractivity contribution is 0.0484. The molecule has 0 saturated heterocycles. The van der Waals surface area contributed by atoms with Crippen LogP contribution in [-0.4, -0.2) is 28.9 Å². The Hall–Kier alpha value is -3.94. The number of fused-ring (bicyclic) bond motifs is 1. The van der Waals surface area contributed by atoms with Crippen molar-refractivity contribution in [3.8, 4) is 5.75 Å². The minimum atomic E-state index is -0.690. The van der Waals surface area contributed by atoms with Gasteiger partial charge in [0.25, 0.3) is 0 Å². The monoisotopic (exact) mass is 419 g/mol. The topological polar surface area (TPSA) is 97.0 Å². The van der Waals surface area contributed by atoms with Crippen molar-refractivity contribution >= 4 is 41.2 Å². The fourth-order valence-electron chi connectivity index (χ4n) is 3.21. The highest BCUT2D eigenvalue weighted by Crippen LogP contribution is 2.40. The van der Waals surface area contributed by atoms with Crippen molar-refractivity contribution < 1.29 is 23.4 Å². The normalized spacial score (nSPS) is 15.8. The molecule has 1 aromatic carbocycles. The number of hydrogen-bond acceptors (Lipinski definition) is 7. The molecule has 1 aliphatic carbocycles. The van der Waals surface area contributed by atoms with Gasteiger partial charge in [0.05, 0.1) is 6.61 Å². The molecule has 0 amide bonds. The van der Waals surface area contributed by atoms with Crippen LogP contribution in [0.15, 0.2) is 52.0 Å². The summed E-state index contributed by atoms with van der Waals surface area (Å²) in [7, 11) is 0. The Morgan fingerprint density at radius 1 is 1.29 bits per heavy atom. The van der Waals surface area contributed by atoms with Gasteiger partial charge in [-0.1, -0.05) is 0 Å². The van der Waals surface area contributed by atoms with E-state index in [0.717, 1.165) is 18.4 Å². The summed E-state index contributed by atoms with van der Waals surface area (Å²) >= 11 is 0. The van der Waals surface area contributed by atoms with Crippen LogP contribution in [0.3, 0.4) is 0 Å². The molecule has 1 fully saturated rings. The van der Waals surface area contributed by atoms with Gasteiger partial charge in [0.1, 0.15) is 5.82 Å². The van der Waals surface area contributed by atoms with Crippen LogP contribution < -0.4 is 5.32 Å². The summed E-state index contributed by atoms with van der Waals surface area (Å²) in [5, 5.41) is 13.7. The number of furan rings is 1. The number of halogens is 1. The summed E-state index contributed by atoms with van der Waals surface area (Å²) in [6, 6.07) is 9.18. The number of pyridine rings is 1. The zero-order chi connectivity index (χ0) is 21.4. The van der Waals surface area contributed by atoms with Gasteiger partial charge in [-0.2, -0.15) is 0 Å². The molecule has 5 rings (SSSR count). The number of nitrogens with zero attached hydrogens (tertiary/aromatic N) is 2. The van der Waals surface area contributed by atoms with Gasteiger partial charge in [-0.15, -0.1) is 0 Å². The molecule has 0 spiro atoms. The Morgan fingerprint density at radius 2 is 2.10 bits per heavy atom. The average molecular weight is 419 g/mol. The standard InChI is InChI=1S/C23H18FN3O4/c24-15-5-7-16(8-6-15)27-22-19(23(29)30-12-13-3-4-13)20(28)18(31-22)10-14-11-26-21-17(14)2-1-9-25-21/h1-2,5-11,13,27-28H,3-4,12H2. The van der Waals surface area contributed by atoms with Gasteiger partial charge in [-0.05, 0) is 61.2 Å². The molecule has 31 heavy (non-hydrogen) atoms. The Bertz CT molecular complexity index is 1210. The smallest absolute Gasteiger partial charge is 0.347 e. The van der Waals surface area contributed by atoms with Crippen molar-refractivity contribution in [3.05, 3.63) is 65.3 Å². The van der Waals surface area contributed by atoms with E-state index in [2.05, 4.69) is 15.3 Å². The third kappa shape index (κ3) is 3.92. The molecule has 3 aromatic rings. The predicted octanol–water partition coefficient (Wildman–Crippen LogP) is 5.09. The highest BCUT2D eigenvalue weighted by molar-refractivity contribution is 6.21. The van der Waals surface area contributed by atoms with Crippen LogP contribution in [-0.2, 0) is 4.74 Å². The Balaban J connectivity index is 1.51. The zero-order valence-corrected chi connectivity index (χ0v) is 16.3. The van der Waals surface area contributed by atoms with E-state index in [1.807, 2.05) is 6.07 Å². The van der Waals surface area contributed by atoms with E-state index >= 15 is 0 Å². The van der Waals surface area contributed by atoms with Crippen molar-refractivity contribution in [3.63, 3.8) is 0 Å². The van der Waals surface area contributed by atoms with Crippen LogP contribution in [0.1, 0.15) is 34.5 Å². The molecule has 156 valence electrons. The number of esters is 1. The van der Waals surface area contributed by atoms with E-state index in [-0.39, 0.29) is 23.0 Å². The Labute approximate surface area is 176 Å². The molecule has 8 heteroatoms. The number of aromatic hydroxyl groups is 1. The maximum atomic E-state index is 13.2. The molecule has 0 atom stereocenters. The van der Waals surface area contributed by atoms with Crippen LogP contribution >= 0.6 is 0 Å². The molecule has 7 nitrogen and oxygen atoms in total. The highest BCUT2D eigenvalue weighted by atomic mass is 19.1. The Kier molecular flexibility index (Phi) is 4.74. The number of hydrogen-bond donors (Lipinski definition) is 2. The van der Waals surface area contributed by atoms with Crippen LogP contribution in [0.25, 0.3) is 11.6 Å². The molecule has 1 saturated carbocycles. The molecule has 1 aliphatic heterocycles. The number of rotatable bonds is 6. The molecule has 0 radical (unpaired) electrons. The SMILES string of the molecule is O=C(OCC1CC1)c1c(Nc2ccc(F)cc2)oc(C=C2C=Nc3ncccc32)c1O. The van der Waals surface area contributed by atoms with E-state index in [1.54, 1.807) is 24.6 Å². The number of allylic oxidation sites excluding steroid dienone is 1. The summed E-state index contributed by atoms with van der Waals surface area (Å²) in [5.41, 5.74) is 1.84. The van der Waals surface area contributed by atoms with Gasteiger partial charge in [-0.25, -0.2) is 19.2 Å². The summed E-state index contributed by atoms with van der Waals surface area (Å²) in [5.74, 6) is -0.414. The summed E-state index contributed by atoms with van der Waals surface area (Å²) in [6.45, 7) is 0.293. The van der Waals surface area contributed by atoms with Crippen molar-refractivity contribution in [1.29, 1.82) is 0 Å². The first kappa shape index (κ1) is 19.0. The lowest BCUT2D eigenvalue weighted by Crippen LogP contribution is -2.09. The molecule has 3 heterocycles. The lowest BCUT2D eigenvalue weighted by atomic mass is 10.1. The van der Waals surface area contributed by atoms with Gasteiger partial charge < -0.3 is 19.6 Å². The number of ether oxygens (including phenoxy) is 1. The molecular weight excluding hydrogens is 401 g/mol. The minimum absolute atomic E-state index is 0.0121. The molecule has 2 aliphatic rings. The third-order valence-electron chi connectivity index (χ3n) is 5.07. The highest BCUT2D eigenvalue weighted by Gasteiger charge is 2.30. The molecule has 0 unspecified atom stereocenters. The maximum Gasteiger partial charge on any atom is 0.347 e. The first-order chi connectivity index (χ1) is 15.1. The lowest BCUT2D eigenvalue weighted by Gasteiger charge is -2.06. The average Bonchev–Trinajstić information content (AvgIpc) is 3.45. The summed E-state index contributed by atoms with van der Waals surface area (Å²) in [4.78, 5) is 21.1. The van der Waals surface area contributed by atoms with E-state index in [0.29, 0.717) is 29.6 Å². The largest absolute Gasteiger partial charge is 0.504 e. The second kappa shape index (κ2) is 7.71. The van der Waals surface area contributed by atoms with E-state index in [4.69, 9.17) is 9.15 Å². The van der Waals surface area contributed by atoms with E-state index in [9.17, 15) is 14.3 Å². The first-order valence-corrected chi connectivity index (χ1v) is 9.85. The zero-order valence-electron chi connectivity index (χ0n) is 16.3. The third-order valence-corrected chi connectivity index (χ3v) is 5.07. The Morgan fingerprint density at radius 3 is 2.87 bits per heavy atom. The second-order valence-electron chi connectivity index (χ2n) is 7.43. The number of aromatic nitrogens is 1. The van der Waals surface area contributed by atoms with Gasteiger partial charge >= 0.3 is 5.97 Å². The predicted molar refractivity (Wildman–Crippen MR) is 113 cm³/mol. The van der Waals surface area contributed by atoms with Gasteiger partial charge in [0, 0.05) is 29.2 Å². The first-order valence-electron chi connectivity index (χ1n) is 9.85. The number of anilines is 2. The number of carbonyl (C=O) groups is 1. The number of aliphatic imine (C=N–C) groups is 1. The van der Waals surface area contributed by atoms with Gasteiger partial charge in [0.2, 0.25) is 5.88 Å². The van der Waals surface area contributed by atoms with Crippen LogP contribution in [0.2, 0.25) is 0 Å². The van der Waals surface area contributed by atoms with Crippen molar-refractivity contribution in [1.82, 2.24) is 4.98 Å². The minimum Gasteiger partial charge on any atom is -0.504 e. The van der Waals surface area contributed by atoms with E-state index in [1.165, 1.54) is 24.3 Å². The quantitative estimate of drug-likeness (QED) is 0.541. The van der Waals surface area contributed by atoms with Crippen LogP contribution in [0, 0.1) is 11.7 Å². The maximum absolute atomic E-state index is 13.2. The molecule has 2 N–H and O–H groups in total. The fraction of sp³-hybridized carbons (Fsp3) is 0.174. The molecule has 0 bridgehead atoms. The number of benzene rings is 1. The fourth-order valence-corrected chi connectivity index (χ4v) is 3.21. The van der Waals surface area contributed by atoms with Crippen LogP contribution in [0.4, 0.5) is 21.8 Å². The summed E-state index contributed by atoms with van der Waals surface area (Å²) < 4.78 is 24.4. The van der Waals surface area contributed by atoms with Gasteiger partial charge in [-0.3, -0.25) is 0 Å².